The molecule has 1 aliphatic rings. The molecule has 1 aromatic heterocycles. The Hall–Kier alpha value is -1.43. The third-order valence-electron chi connectivity index (χ3n) is 3.67. The predicted molar refractivity (Wildman–Crippen MR) is 117 cm³/mol. The number of esters is 1. The van der Waals surface area contributed by atoms with Crippen molar-refractivity contribution in [3.63, 3.8) is 0 Å². The molecule has 152 valence electrons. The van der Waals surface area contributed by atoms with E-state index in [0.29, 0.717) is 35.7 Å². The number of guanidine groups is 1. The Bertz CT molecular complexity index is 676. The van der Waals surface area contributed by atoms with Gasteiger partial charge >= 0.3 is 5.97 Å². The summed E-state index contributed by atoms with van der Waals surface area (Å²) in [6.07, 6.45) is 2.11. The zero-order valence-corrected chi connectivity index (χ0v) is 19.3. The van der Waals surface area contributed by atoms with Gasteiger partial charge in [0.15, 0.2) is 5.96 Å². The fraction of sp³-hybridized carbons (Fsp3) is 0.647. The van der Waals surface area contributed by atoms with Crippen LogP contribution in [0.5, 0.6) is 0 Å². The standard InChI is InChI=1S/C17H27N5O3S.HI/c1-5-18-17(19-9-13(23)22-12-7-8-12)21-11(4)15-20-10(3)14(26-15)16(24)25-6-2;/h11-12H,5-9H2,1-4H3,(H,22,23)(H2,18,19,21);1H. The topological polar surface area (TPSA) is 105 Å². The van der Waals surface area contributed by atoms with Crippen molar-refractivity contribution >= 4 is 53.1 Å². The highest BCUT2D eigenvalue weighted by molar-refractivity contribution is 14.0. The molecule has 1 unspecified atom stereocenters. The first-order chi connectivity index (χ1) is 12.4. The van der Waals surface area contributed by atoms with Gasteiger partial charge in [0.1, 0.15) is 16.4 Å². The summed E-state index contributed by atoms with van der Waals surface area (Å²) in [4.78, 5) is 33.1. The van der Waals surface area contributed by atoms with Crippen molar-refractivity contribution in [3.8, 4) is 0 Å². The van der Waals surface area contributed by atoms with Gasteiger partial charge in [0.2, 0.25) is 5.91 Å². The number of rotatable bonds is 8. The number of hydrogen-bond acceptors (Lipinski definition) is 6. The molecule has 1 saturated carbocycles. The van der Waals surface area contributed by atoms with Gasteiger partial charge in [0.25, 0.3) is 0 Å². The third-order valence-corrected chi connectivity index (χ3v) is 4.99. The largest absolute Gasteiger partial charge is 0.462 e. The van der Waals surface area contributed by atoms with Gasteiger partial charge in [-0.05, 0) is 40.5 Å². The molecule has 10 heteroatoms. The van der Waals surface area contributed by atoms with E-state index in [9.17, 15) is 9.59 Å². The van der Waals surface area contributed by atoms with Crippen LogP contribution in [0, 0.1) is 6.92 Å². The van der Waals surface area contributed by atoms with Crippen LogP contribution in [-0.2, 0) is 9.53 Å². The van der Waals surface area contributed by atoms with E-state index in [1.807, 2.05) is 13.8 Å². The van der Waals surface area contributed by atoms with Crippen molar-refractivity contribution in [2.45, 2.75) is 52.6 Å². The fourth-order valence-corrected chi connectivity index (χ4v) is 3.19. The highest BCUT2D eigenvalue weighted by Crippen LogP contribution is 2.24. The number of ether oxygens (including phenoxy) is 1. The molecule has 27 heavy (non-hydrogen) atoms. The molecule has 1 fully saturated rings. The lowest BCUT2D eigenvalue weighted by molar-refractivity contribution is -0.119. The van der Waals surface area contributed by atoms with E-state index in [1.165, 1.54) is 11.3 Å². The van der Waals surface area contributed by atoms with Crippen LogP contribution < -0.4 is 16.0 Å². The van der Waals surface area contributed by atoms with Crippen LogP contribution in [0.25, 0.3) is 0 Å². The van der Waals surface area contributed by atoms with Crippen molar-refractivity contribution in [2.24, 2.45) is 4.99 Å². The normalized spacial score (nSPS) is 14.7. The first kappa shape index (κ1) is 23.6. The minimum absolute atomic E-state index is 0. The van der Waals surface area contributed by atoms with Gasteiger partial charge in [-0.15, -0.1) is 35.3 Å². The van der Waals surface area contributed by atoms with Crippen molar-refractivity contribution in [1.82, 2.24) is 20.9 Å². The smallest absolute Gasteiger partial charge is 0.350 e. The molecule has 0 aromatic carbocycles. The minimum atomic E-state index is -0.349. The second kappa shape index (κ2) is 11.4. The van der Waals surface area contributed by atoms with Gasteiger partial charge in [-0.1, -0.05) is 0 Å². The molecule has 0 bridgehead atoms. The van der Waals surface area contributed by atoms with Gasteiger partial charge in [-0.2, -0.15) is 0 Å². The van der Waals surface area contributed by atoms with Crippen molar-refractivity contribution < 1.29 is 14.3 Å². The second-order valence-electron chi connectivity index (χ2n) is 6.09. The van der Waals surface area contributed by atoms with Crippen LogP contribution >= 0.6 is 35.3 Å². The van der Waals surface area contributed by atoms with Crippen LogP contribution in [0.15, 0.2) is 4.99 Å². The third kappa shape index (κ3) is 7.60. The zero-order chi connectivity index (χ0) is 19.1. The van der Waals surface area contributed by atoms with Crippen LogP contribution in [0.1, 0.15) is 60.0 Å². The van der Waals surface area contributed by atoms with E-state index >= 15 is 0 Å². The van der Waals surface area contributed by atoms with Gasteiger partial charge in [-0.25, -0.2) is 14.8 Å². The number of nitrogens with zero attached hydrogens (tertiary/aromatic N) is 2. The summed E-state index contributed by atoms with van der Waals surface area (Å²) in [5, 5.41) is 10.0. The molecule has 2 rings (SSSR count). The van der Waals surface area contributed by atoms with Gasteiger partial charge in [-0.3, -0.25) is 4.79 Å². The van der Waals surface area contributed by atoms with E-state index < -0.39 is 0 Å². The van der Waals surface area contributed by atoms with Crippen molar-refractivity contribution in [2.75, 3.05) is 19.7 Å². The number of nitrogens with one attached hydrogen (secondary N) is 3. The van der Waals surface area contributed by atoms with E-state index in [2.05, 4.69) is 25.9 Å². The van der Waals surface area contributed by atoms with Gasteiger partial charge in [0.05, 0.1) is 18.3 Å². The van der Waals surface area contributed by atoms with Gasteiger partial charge in [0, 0.05) is 12.6 Å². The zero-order valence-electron chi connectivity index (χ0n) is 16.1. The van der Waals surface area contributed by atoms with Crippen LogP contribution in [-0.4, -0.2) is 48.6 Å². The van der Waals surface area contributed by atoms with Crippen LogP contribution in [0.2, 0.25) is 0 Å². The number of aliphatic imine (C=N–C) groups is 1. The van der Waals surface area contributed by atoms with E-state index in [1.54, 1.807) is 13.8 Å². The molecule has 1 atom stereocenters. The lowest BCUT2D eigenvalue weighted by atomic mass is 10.3. The number of carbonyl (C=O) groups excluding carboxylic acids is 2. The molecule has 0 saturated heterocycles. The molecule has 1 amide bonds. The minimum Gasteiger partial charge on any atom is -0.462 e. The summed E-state index contributed by atoms with van der Waals surface area (Å²) in [7, 11) is 0. The molecule has 0 radical (unpaired) electrons. The number of thiazole rings is 1. The average Bonchev–Trinajstić information content (AvgIpc) is 3.31. The van der Waals surface area contributed by atoms with Gasteiger partial charge < -0.3 is 20.7 Å². The Morgan fingerprint density at radius 2 is 2.07 bits per heavy atom. The Labute approximate surface area is 181 Å². The lowest BCUT2D eigenvalue weighted by Gasteiger charge is -2.16. The Morgan fingerprint density at radius 1 is 1.37 bits per heavy atom. The van der Waals surface area contributed by atoms with E-state index in [-0.39, 0.29) is 48.4 Å². The maximum Gasteiger partial charge on any atom is 0.350 e. The fourth-order valence-electron chi connectivity index (χ4n) is 2.23. The monoisotopic (exact) mass is 509 g/mol. The molecule has 8 nitrogen and oxygen atoms in total. The highest BCUT2D eigenvalue weighted by atomic mass is 127. The first-order valence-corrected chi connectivity index (χ1v) is 9.74. The molecule has 1 aromatic rings. The molecule has 0 spiro atoms. The quantitative estimate of drug-likeness (QED) is 0.215. The molecule has 0 aliphatic heterocycles. The van der Waals surface area contributed by atoms with Crippen molar-refractivity contribution in [1.29, 1.82) is 0 Å². The first-order valence-electron chi connectivity index (χ1n) is 8.93. The molecular formula is C17H28IN5O3S. The van der Waals surface area contributed by atoms with Crippen molar-refractivity contribution in [3.05, 3.63) is 15.6 Å². The highest BCUT2D eigenvalue weighted by Gasteiger charge is 2.23. The van der Waals surface area contributed by atoms with E-state index in [0.717, 1.165) is 17.8 Å². The molecule has 1 aliphatic carbocycles. The molecule has 3 N–H and O–H groups in total. The SMILES string of the molecule is CCNC(=NCC(=O)NC1CC1)NC(C)c1nc(C)c(C(=O)OCC)s1.I. The summed E-state index contributed by atoms with van der Waals surface area (Å²) in [5.74, 6) is 0.113. The maximum atomic E-state index is 11.9. The number of carbonyl (C=O) groups is 2. The number of aryl methyl sites for hydroxylation is 1. The number of aromatic nitrogens is 1. The second-order valence-corrected chi connectivity index (χ2v) is 7.12. The summed E-state index contributed by atoms with van der Waals surface area (Å²) in [6, 6.07) is 0.165. The Morgan fingerprint density at radius 3 is 2.67 bits per heavy atom. The van der Waals surface area contributed by atoms with E-state index in [4.69, 9.17) is 4.74 Å². The number of amides is 1. The maximum absolute atomic E-state index is 11.9. The Balaban J connectivity index is 0.00000364. The Kier molecular flexibility index (Phi) is 9.99. The van der Waals surface area contributed by atoms with Crippen LogP contribution in [0.4, 0.5) is 0 Å². The lowest BCUT2D eigenvalue weighted by Crippen LogP contribution is -2.39. The predicted octanol–water partition coefficient (Wildman–Crippen LogP) is 2.14. The number of halogens is 1. The average molecular weight is 509 g/mol. The molecule has 1 heterocycles. The summed E-state index contributed by atoms with van der Waals surface area (Å²) >= 11 is 1.31. The van der Waals surface area contributed by atoms with Crippen LogP contribution in [0.3, 0.4) is 0 Å². The summed E-state index contributed by atoms with van der Waals surface area (Å²) in [6.45, 7) is 8.54. The number of hydrogen-bond donors (Lipinski definition) is 3. The molecular weight excluding hydrogens is 481 g/mol. The summed E-state index contributed by atoms with van der Waals surface area (Å²) in [5.41, 5.74) is 0.655. The summed E-state index contributed by atoms with van der Waals surface area (Å²) < 4.78 is 5.05.